The Morgan fingerprint density at radius 3 is 2.40 bits per heavy atom. The largest absolute Gasteiger partial charge is 0.476 e. The highest BCUT2D eigenvalue weighted by atomic mass is 16.5. The predicted octanol–water partition coefficient (Wildman–Crippen LogP) is 4.09. The Morgan fingerprint density at radius 2 is 1.74 bits per heavy atom. The Hall–Kier alpha value is -4.14. The van der Waals surface area contributed by atoms with E-state index in [1.54, 1.807) is 0 Å². The van der Waals surface area contributed by atoms with Gasteiger partial charge in [0, 0.05) is 18.4 Å². The van der Waals surface area contributed by atoms with Gasteiger partial charge in [0.1, 0.15) is 6.61 Å². The molecule has 1 unspecified atom stereocenters. The number of carboxylic acids is 1. The van der Waals surface area contributed by atoms with Crippen molar-refractivity contribution in [3.8, 4) is 11.1 Å². The fourth-order valence-corrected chi connectivity index (χ4v) is 4.32. The molecule has 4 rings (SSSR count). The molecular weight excluding hydrogens is 450 g/mol. The van der Waals surface area contributed by atoms with Gasteiger partial charge in [0.15, 0.2) is 17.8 Å². The number of nitrogens with zero attached hydrogens (tertiary/aromatic N) is 1. The van der Waals surface area contributed by atoms with Gasteiger partial charge in [-0.1, -0.05) is 48.5 Å². The van der Waals surface area contributed by atoms with Gasteiger partial charge < -0.3 is 24.9 Å². The molecule has 2 amide bonds. The number of benzene rings is 2. The first-order valence-electron chi connectivity index (χ1n) is 11.5. The third-order valence-corrected chi connectivity index (χ3v) is 6.04. The molecule has 0 aliphatic heterocycles. The van der Waals surface area contributed by atoms with E-state index in [0.717, 1.165) is 17.5 Å². The standard InChI is InChI=1S/C26H27N3O6/c1-16(7-6-12-23(30)27-13-22-24(25(31)32)28-15-35-22)29-26(33)34-14-21-19-10-4-2-8-17(19)18-9-3-5-11-20(18)21/h2-5,8-11,15-16,21H,6-7,12-14H2,1H3,(H,27,30)(H,29,33)(H,31,32). The van der Waals surface area contributed by atoms with Gasteiger partial charge in [-0.05, 0) is 42.0 Å². The van der Waals surface area contributed by atoms with Crippen LogP contribution in [0.2, 0.25) is 0 Å². The fourth-order valence-electron chi connectivity index (χ4n) is 4.32. The molecule has 0 saturated carbocycles. The number of hydrogen-bond acceptors (Lipinski definition) is 6. The van der Waals surface area contributed by atoms with Gasteiger partial charge in [0.05, 0.1) is 6.54 Å². The topological polar surface area (TPSA) is 131 Å². The van der Waals surface area contributed by atoms with Gasteiger partial charge >= 0.3 is 12.1 Å². The minimum absolute atomic E-state index is 0.00171. The molecule has 0 fully saturated rings. The monoisotopic (exact) mass is 477 g/mol. The quantitative estimate of drug-likeness (QED) is 0.401. The molecule has 0 spiro atoms. The summed E-state index contributed by atoms with van der Waals surface area (Å²) in [6, 6.07) is 16.1. The molecule has 1 aliphatic rings. The van der Waals surface area contributed by atoms with Crippen molar-refractivity contribution in [3.63, 3.8) is 0 Å². The van der Waals surface area contributed by atoms with Crippen molar-refractivity contribution in [1.82, 2.24) is 15.6 Å². The molecule has 3 aromatic rings. The number of oxazole rings is 1. The number of carboxylic acid groups (broad SMARTS) is 1. The van der Waals surface area contributed by atoms with Gasteiger partial charge in [-0.2, -0.15) is 0 Å². The van der Waals surface area contributed by atoms with Crippen LogP contribution >= 0.6 is 0 Å². The molecule has 1 aromatic heterocycles. The number of ether oxygens (including phenoxy) is 1. The summed E-state index contributed by atoms with van der Waals surface area (Å²) in [5.41, 5.74) is 4.44. The van der Waals surface area contributed by atoms with Crippen molar-refractivity contribution in [2.24, 2.45) is 0 Å². The van der Waals surface area contributed by atoms with E-state index in [1.165, 1.54) is 11.1 Å². The van der Waals surface area contributed by atoms with E-state index in [0.29, 0.717) is 12.8 Å². The van der Waals surface area contributed by atoms with E-state index < -0.39 is 12.1 Å². The first-order chi connectivity index (χ1) is 16.9. The number of carbonyl (C=O) groups is 3. The summed E-state index contributed by atoms with van der Waals surface area (Å²) in [6.45, 7) is 2.05. The van der Waals surface area contributed by atoms with Crippen LogP contribution in [0.4, 0.5) is 4.79 Å². The van der Waals surface area contributed by atoms with Crippen LogP contribution in [-0.2, 0) is 16.1 Å². The third kappa shape index (κ3) is 5.68. The van der Waals surface area contributed by atoms with Gasteiger partial charge in [-0.15, -0.1) is 0 Å². The Bertz CT molecular complexity index is 1180. The highest BCUT2D eigenvalue weighted by Crippen LogP contribution is 2.44. The lowest BCUT2D eigenvalue weighted by Gasteiger charge is -2.17. The van der Waals surface area contributed by atoms with Crippen molar-refractivity contribution in [2.45, 2.75) is 44.7 Å². The van der Waals surface area contributed by atoms with E-state index in [-0.39, 0.29) is 48.9 Å². The number of amides is 2. The number of aromatic nitrogens is 1. The van der Waals surface area contributed by atoms with Crippen LogP contribution < -0.4 is 10.6 Å². The summed E-state index contributed by atoms with van der Waals surface area (Å²) < 4.78 is 10.5. The fraction of sp³-hybridized carbons (Fsp3) is 0.308. The lowest BCUT2D eigenvalue weighted by molar-refractivity contribution is -0.121. The zero-order chi connectivity index (χ0) is 24.8. The summed E-state index contributed by atoms with van der Waals surface area (Å²) in [4.78, 5) is 39.0. The minimum atomic E-state index is -1.21. The molecule has 182 valence electrons. The molecule has 0 bridgehead atoms. The van der Waals surface area contributed by atoms with Crippen molar-refractivity contribution < 1.29 is 28.6 Å². The summed E-state index contributed by atoms with van der Waals surface area (Å²) in [5, 5.41) is 14.4. The Balaban J connectivity index is 1.18. The van der Waals surface area contributed by atoms with Gasteiger partial charge in [0.25, 0.3) is 0 Å². The second kappa shape index (κ2) is 10.9. The van der Waals surface area contributed by atoms with Crippen molar-refractivity contribution in [3.05, 3.63) is 77.5 Å². The van der Waals surface area contributed by atoms with Crippen LogP contribution in [0.1, 0.15) is 59.5 Å². The second-order valence-electron chi connectivity index (χ2n) is 8.47. The maximum Gasteiger partial charge on any atom is 0.407 e. The first kappa shape index (κ1) is 24.0. The van der Waals surface area contributed by atoms with E-state index >= 15 is 0 Å². The van der Waals surface area contributed by atoms with Crippen LogP contribution in [0.5, 0.6) is 0 Å². The summed E-state index contributed by atoms with van der Waals surface area (Å²) in [6.07, 6.45) is 1.89. The number of fused-ring (bicyclic) bond motifs is 3. The van der Waals surface area contributed by atoms with Gasteiger partial charge in [0.2, 0.25) is 5.91 Å². The Morgan fingerprint density at radius 1 is 1.09 bits per heavy atom. The van der Waals surface area contributed by atoms with E-state index in [1.807, 2.05) is 31.2 Å². The number of nitrogens with one attached hydrogen (secondary N) is 2. The smallest absolute Gasteiger partial charge is 0.407 e. The molecule has 1 heterocycles. The average molecular weight is 478 g/mol. The highest BCUT2D eigenvalue weighted by molar-refractivity contribution is 5.86. The Kier molecular flexibility index (Phi) is 7.45. The molecule has 3 N–H and O–H groups in total. The molecule has 9 heteroatoms. The SMILES string of the molecule is CC(CCCC(=O)NCc1ocnc1C(=O)O)NC(=O)OCC1c2ccccc2-c2ccccc21. The molecule has 1 aliphatic carbocycles. The summed E-state index contributed by atoms with van der Waals surface area (Å²) in [5.74, 6) is -1.36. The van der Waals surface area contributed by atoms with Gasteiger partial charge in [-0.3, -0.25) is 4.79 Å². The van der Waals surface area contributed by atoms with Crippen LogP contribution in [0.25, 0.3) is 11.1 Å². The molecular formula is C26H27N3O6. The predicted molar refractivity (Wildman–Crippen MR) is 127 cm³/mol. The minimum Gasteiger partial charge on any atom is -0.476 e. The maximum absolute atomic E-state index is 12.4. The molecule has 0 saturated heterocycles. The number of rotatable bonds is 10. The van der Waals surface area contributed by atoms with E-state index in [4.69, 9.17) is 14.3 Å². The molecule has 2 aromatic carbocycles. The Labute approximate surface area is 202 Å². The van der Waals surface area contributed by atoms with E-state index in [2.05, 4.69) is 39.9 Å². The van der Waals surface area contributed by atoms with Crippen LogP contribution in [0.15, 0.2) is 59.3 Å². The first-order valence-corrected chi connectivity index (χ1v) is 11.5. The normalized spacial score (nSPS) is 12.9. The number of hydrogen-bond donors (Lipinski definition) is 3. The van der Waals surface area contributed by atoms with Gasteiger partial charge in [-0.25, -0.2) is 14.6 Å². The number of carbonyl (C=O) groups excluding carboxylic acids is 2. The molecule has 1 atom stereocenters. The van der Waals surface area contributed by atoms with Crippen LogP contribution in [0, 0.1) is 0 Å². The zero-order valence-corrected chi connectivity index (χ0v) is 19.3. The molecule has 9 nitrogen and oxygen atoms in total. The second-order valence-corrected chi connectivity index (χ2v) is 8.47. The van der Waals surface area contributed by atoms with E-state index in [9.17, 15) is 14.4 Å². The highest BCUT2D eigenvalue weighted by Gasteiger charge is 2.29. The summed E-state index contributed by atoms with van der Waals surface area (Å²) in [7, 11) is 0. The lowest BCUT2D eigenvalue weighted by Crippen LogP contribution is -2.34. The lowest BCUT2D eigenvalue weighted by atomic mass is 9.98. The van der Waals surface area contributed by atoms with Crippen molar-refractivity contribution in [1.29, 1.82) is 0 Å². The zero-order valence-electron chi connectivity index (χ0n) is 19.3. The van der Waals surface area contributed by atoms with Crippen LogP contribution in [0.3, 0.4) is 0 Å². The summed E-state index contributed by atoms with van der Waals surface area (Å²) >= 11 is 0. The van der Waals surface area contributed by atoms with Crippen molar-refractivity contribution in [2.75, 3.05) is 6.61 Å². The molecule has 0 radical (unpaired) electrons. The number of alkyl carbamates (subject to hydrolysis) is 1. The molecule has 35 heavy (non-hydrogen) atoms. The number of aromatic carboxylic acids is 1. The average Bonchev–Trinajstić information content (AvgIpc) is 3.44. The maximum atomic E-state index is 12.4. The van der Waals surface area contributed by atoms with Crippen LogP contribution in [-0.4, -0.2) is 40.7 Å². The third-order valence-electron chi connectivity index (χ3n) is 6.04. The van der Waals surface area contributed by atoms with Crippen molar-refractivity contribution >= 4 is 18.0 Å².